The first-order valence-electron chi connectivity index (χ1n) is 21.0. The highest BCUT2D eigenvalue weighted by Gasteiger charge is 2.67. The summed E-state index contributed by atoms with van der Waals surface area (Å²) in [6.45, 7) is 20.0. The van der Waals surface area contributed by atoms with Gasteiger partial charge in [0.25, 0.3) is 15.7 Å². The number of benzene rings is 2. The van der Waals surface area contributed by atoms with Crippen molar-refractivity contribution < 1.29 is 50.0 Å². The Morgan fingerprint density at radius 2 is 1.42 bits per heavy atom. The summed E-state index contributed by atoms with van der Waals surface area (Å²) < 4.78 is 65.2. The fourth-order valence-electron chi connectivity index (χ4n) is 6.66. The van der Waals surface area contributed by atoms with Gasteiger partial charge < -0.3 is 34.1 Å². The molecule has 3 heterocycles. The minimum atomic E-state index is -4.39. The molecule has 1 aromatic heterocycles. The molecule has 2 unspecified atom stereocenters. The molecule has 2 aromatic carbocycles. The minimum absolute atomic E-state index is 0.00360. The second-order valence-electron chi connectivity index (χ2n) is 19.3. The third kappa shape index (κ3) is 11.2. The molecule has 3 N–H and O–H groups in total. The molecule has 5 atom stereocenters. The van der Waals surface area contributed by atoms with Crippen molar-refractivity contribution in [3.05, 3.63) is 115 Å². The number of carbonyl (C=O) groups excluding carboxylic acids is 3. The number of ether oxygens (including phenoxy) is 3. The molecular weight excluding hydrogens is 881 g/mol. The van der Waals surface area contributed by atoms with Crippen LogP contribution >= 0.6 is 0 Å². The van der Waals surface area contributed by atoms with Crippen LogP contribution in [0.1, 0.15) is 70.9 Å². The van der Waals surface area contributed by atoms with E-state index in [0.29, 0.717) is 15.7 Å². The van der Waals surface area contributed by atoms with Crippen LogP contribution in [0.15, 0.2) is 87.6 Å². The molecule has 1 fully saturated rings. The van der Waals surface area contributed by atoms with E-state index in [1.54, 1.807) is 60.7 Å². The van der Waals surface area contributed by atoms with Gasteiger partial charge >= 0.3 is 17.6 Å². The SMILES string of the molecule is Cc1cn([C@@H]2OC(CO[Si](C)(C)C(C)(C)C)C3(OS(=O)(=O)C=C3N)[C@H]2O[Si](C)(C)C(C)(C)C)c(=O)n(CC(=O)N[C@@H](CC(=O)OCc2ccccc2)C(=O)OCc2ccccc2)c1=O. The Labute approximate surface area is 376 Å². The van der Waals surface area contributed by atoms with Crippen LogP contribution in [0.2, 0.25) is 36.3 Å². The quantitative estimate of drug-likeness (QED) is 0.111. The summed E-state index contributed by atoms with van der Waals surface area (Å²) in [4.78, 5) is 68.8. The summed E-state index contributed by atoms with van der Waals surface area (Å²) in [6, 6.07) is 16.0. The molecule has 17 nitrogen and oxygen atoms in total. The molecule has 0 saturated carbocycles. The number of hydrogen-bond donors (Lipinski definition) is 2. The van der Waals surface area contributed by atoms with E-state index in [0.717, 1.165) is 9.98 Å². The Balaban J connectivity index is 1.52. The van der Waals surface area contributed by atoms with Crippen molar-refractivity contribution in [2.24, 2.45) is 5.73 Å². The predicted molar refractivity (Wildman–Crippen MR) is 243 cm³/mol. The van der Waals surface area contributed by atoms with Crippen LogP contribution < -0.4 is 22.3 Å². The van der Waals surface area contributed by atoms with Crippen LogP contribution in [0.5, 0.6) is 0 Å². The molecule has 1 amide bonds. The number of aryl methyl sites for hydroxylation is 1. The van der Waals surface area contributed by atoms with E-state index >= 15 is 0 Å². The van der Waals surface area contributed by atoms with Gasteiger partial charge in [-0.05, 0) is 54.3 Å². The molecule has 1 spiro atoms. The van der Waals surface area contributed by atoms with Gasteiger partial charge in [-0.25, -0.2) is 13.8 Å². The molecule has 350 valence electrons. The molecule has 64 heavy (non-hydrogen) atoms. The number of carbonyl (C=O) groups is 3. The molecular formula is C44H62N4O13SSi2. The molecule has 1 saturated heterocycles. The van der Waals surface area contributed by atoms with Crippen LogP contribution in [0, 0.1) is 6.92 Å². The highest BCUT2D eigenvalue weighted by Crippen LogP contribution is 2.52. The van der Waals surface area contributed by atoms with E-state index < -0.39 is 104 Å². The zero-order valence-corrected chi connectivity index (χ0v) is 41.3. The lowest BCUT2D eigenvalue weighted by Crippen LogP contribution is -2.59. The number of rotatable bonds is 16. The van der Waals surface area contributed by atoms with E-state index in [2.05, 4.69) is 5.32 Å². The largest absolute Gasteiger partial charge is 0.461 e. The van der Waals surface area contributed by atoms with E-state index in [-0.39, 0.29) is 36.1 Å². The van der Waals surface area contributed by atoms with Gasteiger partial charge in [-0.2, -0.15) is 8.42 Å². The Bertz CT molecular complexity index is 2460. The van der Waals surface area contributed by atoms with E-state index in [1.165, 1.54) is 13.1 Å². The Morgan fingerprint density at radius 3 is 1.94 bits per heavy atom. The average Bonchev–Trinajstić information content (AvgIpc) is 3.63. The molecule has 0 radical (unpaired) electrons. The maximum absolute atomic E-state index is 14.6. The molecule has 3 aromatic rings. The summed E-state index contributed by atoms with van der Waals surface area (Å²) in [6.07, 6.45) is -3.48. The number of hydrogen-bond acceptors (Lipinski definition) is 14. The predicted octanol–water partition coefficient (Wildman–Crippen LogP) is 4.89. The van der Waals surface area contributed by atoms with Gasteiger partial charge in [0.2, 0.25) is 5.91 Å². The van der Waals surface area contributed by atoms with Crippen molar-refractivity contribution in [2.45, 2.75) is 141 Å². The molecule has 2 aliphatic heterocycles. The molecule has 5 rings (SSSR count). The maximum atomic E-state index is 14.6. The zero-order chi connectivity index (χ0) is 47.6. The van der Waals surface area contributed by atoms with Crippen molar-refractivity contribution >= 4 is 44.6 Å². The Hall–Kier alpha value is -4.71. The number of nitrogens with two attached hydrogens (primary N) is 1. The lowest BCUT2D eigenvalue weighted by atomic mass is 9.89. The van der Waals surface area contributed by atoms with Crippen LogP contribution in [0.25, 0.3) is 0 Å². The zero-order valence-electron chi connectivity index (χ0n) is 38.5. The second-order valence-corrected chi connectivity index (χ2v) is 30.2. The monoisotopic (exact) mass is 942 g/mol. The number of esters is 2. The number of nitrogens with zero attached hydrogens (tertiary/aromatic N) is 2. The number of aromatic nitrogens is 2. The molecule has 0 aliphatic carbocycles. The van der Waals surface area contributed by atoms with Crippen molar-refractivity contribution in [1.29, 1.82) is 0 Å². The second kappa shape index (κ2) is 19.0. The number of amides is 1. The first kappa shape index (κ1) is 50.3. The summed E-state index contributed by atoms with van der Waals surface area (Å²) >= 11 is 0. The lowest BCUT2D eigenvalue weighted by molar-refractivity contribution is -0.155. The first-order valence-corrected chi connectivity index (χ1v) is 28.3. The smallest absolute Gasteiger partial charge is 0.333 e. The molecule has 20 heteroatoms. The van der Waals surface area contributed by atoms with Crippen molar-refractivity contribution in [3.8, 4) is 0 Å². The van der Waals surface area contributed by atoms with Crippen LogP contribution in [-0.2, 0) is 71.5 Å². The third-order valence-electron chi connectivity index (χ3n) is 12.5. The van der Waals surface area contributed by atoms with Crippen LogP contribution in [-0.4, -0.2) is 82.5 Å². The topological polar surface area (TPSA) is 223 Å². The Morgan fingerprint density at radius 1 is 0.875 bits per heavy atom. The highest BCUT2D eigenvalue weighted by atomic mass is 32.2. The van der Waals surface area contributed by atoms with Gasteiger partial charge in [0.05, 0.1) is 24.1 Å². The fraction of sp³-hybridized carbons (Fsp3) is 0.523. The van der Waals surface area contributed by atoms with Crippen molar-refractivity contribution in [1.82, 2.24) is 14.5 Å². The third-order valence-corrected chi connectivity index (χ3v) is 22.5. The summed E-state index contributed by atoms with van der Waals surface area (Å²) in [5, 5.41) is 2.55. The average molecular weight is 943 g/mol. The van der Waals surface area contributed by atoms with Gasteiger partial charge in [0, 0.05) is 11.8 Å². The normalized spacial score (nSPS) is 21.6. The standard InChI is InChI=1S/C44H62N4O13SSi2/c1-29-23-48(39-37(60-64(10,11)43(5,6)7)44(33(45)28-62(54,55)61-44)34(59-39)27-58-63(8,9)42(2,3)4)41(53)47(38(29)51)24-35(49)46-32(40(52)57-26-31-20-16-13-17-21-31)22-36(50)56-25-30-18-14-12-15-19-30/h12-21,23,28,32,34,37,39H,22,24-27,45H2,1-11H3,(H,46,49)/t32-,34?,37-,39+,44?/m0/s1. The number of nitrogens with one attached hydrogen (secondary N) is 1. The summed E-state index contributed by atoms with van der Waals surface area (Å²) in [7, 11) is -9.83. The Kier molecular flexibility index (Phi) is 14.9. The maximum Gasteiger partial charge on any atom is 0.333 e. The van der Waals surface area contributed by atoms with E-state index in [1.807, 2.05) is 67.7 Å². The van der Waals surface area contributed by atoms with E-state index in [4.69, 9.17) is 33.0 Å². The first-order chi connectivity index (χ1) is 29.6. The van der Waals surface area contributed by atoms with Gasteiger partial charge in [-0.1, -0.05) is 102 Å². The van der Waals surface area contributed by atoms with E-state index in [9.17, 15) is 32.4 Å². The highest BCUT2D eigenvalue weighted by molar-refractivity contribution is 7.90. The molecule has 2 aliphatic rings. The molecule has 0 bridgehead atoms. The van der Waals surface area contributed by atoms with Gasteiger partial charge in [-0.15, -0.1) is 0 Å². The van der Waals surface area contributed by atoms with Gasteiger partial charge in [0.1, 0.15) is 38.0 Å². The van der Waals surface area contributed by atoms with Crippen LogP contribution in [0.4, 0.5) is 0 Å². The summed E-state index contributed by atoms with van der Waals surface area (Å²) in [5.74, 6) is -2.76. The minimum Gasteiger partial charge on any atom is -0.461 e. The van der Waals surface area contributed by atoms with Crippen molar-refractivity contribution in [2.75, 3.05) is 6.61 Å². The lowest BCUT2D eigenvalue weighted by Gasteiger charge is -2.43. The summed E-state index contributed by atoms with van der Waals surface area (Å²) in [5.41, 5.74) is 3.88. The fourth-order valence-corrected chi connectivity index (χ4v) is 10.2. The van der Waals surface area contributed by atoms with Crippen molar-refractivity contribution in [3.63, 3.8) is 0 Å². The van der Waals surface area contributed by atoms with Crippen LogP contribution in [0.3, 0.4) is 0 Å². The van der Waals surface area contributed by atoms with Gasteiger partial charge in [-0.3, -0.25) is 23.5 Å². The van der Waals surface area contributed by atoms with Gasteiger partial charge in [0.15, 0.2) is 28.5 Å².